The van der Waals surface area contributed by atoms with Crippen molar-refractivity contribution in [2.75, 3.05) is 6.54 Å². The number of aliphatic imine (C=N–C) groups is 1. The second-order valence-corrected chi connectivity index (χ2v) is 3.31. The second-order valence-electron chi connectivity index (χ2n) is 2.87. The van der Waals surface area contributed by atoms with E-state index in [1.165, 1.54) is 0 Å². The van der Waals surface area contributed by atoms with E-state index < -0.39 is 0 Å². The Morgan fingerprint density at radius 1 is 1.57 bits per heavy atom. The van der Waals surface area contributed by atoms with E-state index in [9.17, 15) is 0 Å². The number of hydrazine groups is 1. The van der Waals surface area contributed by atoms with Gasteiger partial charge in [-0.15, -0.1) is 0 Å². The van der Waals surface area contributed by atoms with Gasteiger partial charge in [0.1, 0.15) is 5.84 Å². The second kappa shape index (κ2) is 5.62. The van der Waals surface area contributed by atoms with Crippen molar-refractivity contribution in [3.8, 4) is 0 Å². The van der Waals surface area contributed by atoms with Crippen LogP contribution in [0.25, 0.3) is 0 Å². The van der Waals surface area contributed by atoms with E-state index in [2.05, 4.69) is 10.4 Å². The van der Waals surface area contributed by atoms with Gasteiger partial charge in [-0.1, -0.05) is 23.7 Å². The molecule has 1 aromatic rings. The molecule has 0 aliphatic carbocycles. The molecule has 0 saturated heterocycles. The third-order valence-electron chi connectivity index (χ3n) is 1.78. The van der Waals surface area contributed by atoms with Crippen molar-refractivity contribution in [3.63, 3.8) is 0 Å². The topological polar surface area (TPSA) is 50.4 Å². The van der Waals surface area contributed by atoms with Gasteiger partial charge >= 0.3 is 0 Å². The maximum atomic E-state index is 5.86. The Balaban J connectivity index is 2.72. The molecule has 0 fully saturated rings. The standard InChI is InChI=1S/C10H14ClN3/c1-2-13-10(14-12)7-8-4-3-5-9(11)6-8/h3-6H,2,7,12H2,1H3,(H,13,14). The first-order valence-corrected chi connectivity index (χ1v) is 4.88. The molecule has 0 unspecified atom stereocenters. The van der Waals surface area contributed by atoms with Crippen molar-refractivity contribution in [2.24, 2.45) is 10.8 Å². The maximum Gasteiger partial charge on any atom is 0.115 e. The molecule has 0 radical (unpaired) electrons. The average Bonchev–Trinajstić information content (AvgIpc) is 2.17. The SMILES string of the molecule is CCN=C(Cc1cccc(Cl)c1)NN. The molecule has 76 valence electrons. The van der Waals surface area contributed by atoms with Gasteiger partial charge in [-0.2, -0.15) is 0 Å². The Bertz CT molecular complexity index is 323. The zero-order valence-corrected chi connectivity index (χ0v) is 8.88. The summed E-state index contributed by atoms with van der Waals surface area (Å²) in [5.41, 5.74) is 3.68. The van der Waals surface area contributed by atoms with Gasteiger partial charge in [-0.3, -0.25) is 4.99 Å². The van der Waals surface area contributed by atoms with Gasteiger partial charge in [0, 0.05) is 18.0 Å². The van der Waals surface area contributed by atoms with Gasteiger partial charge in [0.05, 0.1) is 0 Å². The van der Waals surface area contributed by atoms with Crippen molar-refractivity contribution in [2.45, 2.75) is 13.3 Å². The molecule has 0 atom stereocenters. The van der Waals surface area contributed by atoms with Crippen molar-refractivity contribution < 1.29 is 0 Å². The number of benzene rings is 1. The molecule has 1 aromatic carbocycles. The highest BCUT2D eigenvalue weighted by Gasteiger charge is 1.99. The Labute approximate surface area is 88.9 Å². The summed E-state index contributed by atoms with van der Waals surface area (Å²) in [6, 6.07) is 7.66. The molecule has 0 heterocycles. The molecular formula is C10H14ClN3. The van der Waals surface area contributed by atoms with Gasteiger partial charge in [0.2, 0.25) is 0 Å². The Hall–Kier alpha value is -1.06. The van der Waals surface area contributed by atoms with Gasteiger partial charge in [0.25, 0.3) is 0 Å². The number of hydrogen-bond donors (Lipinski definition) is 2. The average molecular weight is 212 g/mol. The molecule has 4 heteroatoms. The minimum absolute atomic E-state index is 0.685. The fourth-order valence-electron chi connectivity index (χ4n) is 1.18. The summed E-state index contributed by atoms with van der Waals surface area (Å²) >= 11 is 5.86. The molecule has 3 nitrogen and oxygen atoms in total. The summed E-state index contributed by atoms with van der Waals surface area (Å²) in [7, 11) is 0. The van der Waals surface area contributed by atoms with Crippen molar-refractivity contribution >= 4 is 17.4 Å². The predicted molar refractivity (Wildman–Crippen MR) is 60.5 cm³/mol. The molecule has 3 N–H and O–H groups in total. The van der Waals surface area contributed by atoms with Crippen LogP contribution in [0.2, 0.25) is 5.02 Å². The van der Waals surface area contributed by atoms with Crippen LogP contribution in [0.15, 0.2) is 29.3 Å². The highest BCUT2D eigenvalue weighted by molar-refractivity contribution is 6.30. The van der Waals surface area contributed by atoms with Crippen molar-refractivity contribution in [3.05, 3.63) is 34.9 Å². The Kier molecular flexibility index (Phi) is 4.43. The first kappa shape index (κ1) is 11.0. The lowest BCUT2D eigenvalue weighted by molar-refractivity contribution is 0.958. The third-order valence-corrected chi connectivity index (χ3v) is 2.01. The Morgan fingerprint density at radius 3 is 2.93 bits per heavy atom. The lowest BCUT2D eigenvalue weighted by atomic mass is 10.1. The number of halogens is 1. The first-order valence-electron chi connectivity index (χ1n) is 4.50. The summed E-state index contributed by atoms with van der Waals surface area (Å²) in [4.78, 5) is 4.21. The van der Waals surface area contributed by atoms with Crippen molar-refractivity contribution in [1.82, 2.24) is 5.43 Å². The summed E-state index contributed by atoms with van der Waals surface area (Å²) in [5.74, 6) is 6.10. The van der Waals surface area contributed by atoms with E-state index in [4.69, 9.17) is 17.4 Å². The van der Waals surface area contributed by atoms with Crippen LogP contribution >= 0.6 is 11.6 Å². The molecule has 0 bridgehead atoms. The number of nitrogens with zero attached hydrogens (tertiary/aromatic N) is 1. The van der Waals surface area contributed by atoms with E-state index in [1.54, 1.807) is 0 Å². The van der Waals surface area contributed by atoms with Crippen LogP contribution in [0, 0.1) is 0 Å². The van der Waals surface area contributed by atoms with Crippen LogP contribution in [0.1, 0.15) is 12.5 Å². The lowest BCUT2D eigenvalue weighted by Gasteiger charge is -2.05. The molecule has 14 heavy (non-hydrogen) atoms. The molecule has 0 saturated carbocycles. The van der Waals surface area contributed by atoms with Crippen LogP contribution in [0.4, 0.5) is 0 Å². The number of nitrogens with one attached hydrogen (secondary N) is 1. The fourth-order valence-corrected chi connectivity index (χ4v) is 1.40. The first-order chi connectivity index (χ1) is 6.76. The summed E-state index contributed by atoms with van der Waals surface area (Å²) in [5, 5.41) is 0.732. The van der Waals surface area contributed by atoms with Crippen LogP contribution < -0.4 is 11.3 Å². The molecule has 1 rings (SSSR count). The number of nitrogens with two attached hydrogens (primary N) is 1. The highest BCUT2D eigenvalue weighted by Crippen LogP contribution is 2.11. The van der Waals surface area contributed by atoms with E-state index in [1.807, 2.05) is 31.2 Å². The third kappa shape index (κ3) is 3.36. The maximum absolute atomic E-state index is 5.86. The van der Waals surface area contributed by atoms with E-state index >= 15 is 0 Å². The quantitative estimate of drug-likeness (QED) is 0.347. The number of rotatable bonds is 3. The Morgan fingerprint density at radius 2 is 2.36 bits per heavy atom. The molecule has 0 amide bonds. The van der Waals surface area contributed by atoms with E-state index in [-0.39, 0.29) is 0 Å². The molecule has 0 aliphatic rings. The van der Waals surface area contributed by atoms with Crippen LogP contribution in [-0.4, -0.2) is 12.4 Å². The largest absolute Gasteiger partial charge is 0.312 e. The molecule has 0 aromatic heterocycles. The number of hydrogen-bond acceptors (Lipinski definition) is 2. The minimum atomic E-state index is 0.685. The smallest absolute Gasteiger partial charge is 0.115 e. The number of amidine groups is 1. The van der Waals surface area contributed by atoms with Gasteiger partial charge < -0.3 is 5.43 Å². The predicted octanol–water partition coefficient (Wildman–Crippen LogP) is 1.76. The summed E-state index contributed by atoms with van der Waals surface area (Å²) < 4.78 is 0. The fraction of sp³-hybridized carbons (Fsp3) is 0.300. The zero-order chi connectivity index (χ0) is 10.4. The lowest BCUT2D eigenvalue weighted by Crippen LogP contribution is -2.32. The van der Waals surface area contributed by atoms with Gasteiger partial charge in [-0.25, -0.2) is 5.84 Å². The monoisotopic (exact) mass is 211 g/mol. The van der Waals surface area contributed by atoms with Crippen molar-refractivity contribution in [1.29, 1.82) is 0 Å². The zero-order valence-electron chi connectivity index (χ0n) is 8.13. The van der Waals surface area contributed by atoms with Crippen LogP contribution in [-0.2, 0) is 6.42 Å². The van der Waals surface area contributed by atoms with Crippen LogP contribution in [0.5, 0.6) is 0 Å². The normalized spacial score (nSPS) is 11.5. The molecule has 0 aliphatic heterocycles. The molecular weight excluding hydrogens is 198 g/mol. The van der Waals surface area contributed by atoms with Gasteiger partial charge in [0.15, 0.2) is 0 Å². The van der Waals surface area contributed by atoms with E-state index in [0.29, 0.717) is 6.42 Å². The van der Waals surface area contributed by atoms with Crippen LogP contribution in [0.3, 0.4) is 0 Å². The summed E-state index contributed by atoms with van der Waals surface area (Å²) in [6.07, 6.45) is 0.685. The van der Waals surface area contributed by atoms with E-state index in [0.717, 1.165) is 23.0 Å². The summed E-state index contributed by atoms with van der Waals surface area (Å²) in [6.45, 7) is 2.69. The van der Waals surface area contributed by atoms with Gasteiger partial charge in [-0.05, 0) is 24.6 Å². The highest BCUT2D eigenvalue weighted by atomic mass is 35.5. The minimum Gasteiger partial charge on any atom is -0.312 e. The molecule has 0 spiro atoms.